The highest BCUT2D eigenvalue weighted by molar-refractivity contribution is 5.23. The highest BCUT2D eigenvalue weighted by Crippen LogP contribution is 2.28. The monoisotopic (exact) mass is 225 g/mol. The van der Waals surface area contributed by atoms with Gasteiger partial charge in [-0.05, 0) is 11.8 Å². The number of aromatic nitrogens is 2. The highest BCUT2D eigenvalue weighted by atomic mass is 16.3. The average Bonchev–Trinajstić information content (AvgIpc) is 2.14. The maximum atomic E-state index is 11.6. The van der Waals surface area contributed by atoms with Gasteiger partial charge in [-0.3, -0.25) is 4.79 Å². The number of nitrogens with two attached hydrogens (primary N) is 1. The van der Waals surface area contributed by atoms with Gasteiger partial charge in [0.2, 0.25) is 5.88 Å². The molecule has 0 aromatic carbocycles. The predicted molar refractivity (Wildman–Crippen MR) is 62.3 cm³/mol. The van der Waals surface area contributed by atoms with Gasteiger partial charge in [0, 0.05) is 0 Å². The Morgan fingerprint density at radius 3 is 2.44 bits per heavy atom. The third kappa shape index (κ3) is 2.41. The number of nitrogens with one attached hydrogen (secondary N) is 1. The van der Waals surface area contributed by atoms with E-state index in [4.69, 9.17) is 5.73 Å². The number of nitrogens with zero attached hydrogens (tertiary/aromatic N) is 1. The van der Waals surface area contributed by atoms with Crippen molar-refractivity contribution in [3.8, 4) is 5.88 Å². The molecule has 0 aliphatic heterocycles. The van der Waals surface area contributed by atoms with E-state index in [0.717, 1.165) is 0 Å². The van der Waals surface area contributed by atoms with Crippen LogP contribution in [0.4, 0.5) is 0 Å². The molecule has 5 nitrogen and oxygen atoms in total. The van der Waals surface area contributed by atoms with Gasteiger partial charge in [0.15, 0.2) is 0 Å². The van der Waals surface area contributed by atoms with Gasteiger partial charge in [-0.15, -0.1) is 0 Å². The second-order valence-corrected chi connectivity index (χ2v) is 4.95. The summed E-state index contributed by atoms with van der Waals surface area (Å²) in [6.45, 7) is 7.63. The fourth-order valence-electron chi connectivity index (χ4n) is 1.38. The number of aromatic hydroxyl groups is 1. The smallest absolute Gasteiger partial charge is 0.257 e. The summed E-state index contributed by atoms with van der Waals surface area (Å²) in [6, 6.07) is -0.419. The van der Waals surface area contributed by atoms with Crippen molar-refractivity contribution in [1.29, 1.82) is 0 Å². The van der Waals surface area contributed by atoms with Gasteiger partial charge in [-0.2, -0.15) is 4.98 Å². The Morgan fingerprint density at radius 1 is 1.50 bits per heavy atom. The minimum absolute atomic E-state index is 0.221. The van der Waals surface area contributed by atoms with Crippen molar-refractivity contribution in [3.63, 3.8) is 0 Å². The van der Waals surface area contributed by atoms with Gasteiger partial charge in [0.05, 0.1) is 11.6 Å². The average molecular weight is 225 g/mol. The Kier molecular flexibility index (Phi) is 3.38. The van der Waals surface area contributed by atoms with Crippen LogP contribution in [0, 0.1) is 5.41 Å². The van der Waals surface area contributed by atoms with E-state index in [-0.39, 0.29) is 16.9 Å². The molecule has 0 radical (unpaired) electrons. The number of rotatable bonds is 2. The molecule has 1 atom stereocenters. The van der Waals surface area contributed by atoms with E-state index in [1.165, 1.54) is 0 Å². The quantitative estimate of drug-likeness (QED) is 0.702. The van der Waals surface area contributed by atoms with Gasteiger partial charge < -0.3 is 15.8 Å². The van der Waals surface area contributed by atoms with Crippen LogP contribution in [-0.2, 0) is 6.42 Å². The third-order valence-corrected chi connectivity index (χ3v) is 2.59. The Morgan fingerprint density at radius 2 is 2.06 bits per heavy atom. The van der Waals surface area contributed by atoms with Gasteiger partial charge in [-0.25, -0.2) is 0 Å². The summed E-state index contributed by atoms with van der Waals surface area (Å²) in [7, 11) is 0. The van der Waals surface area contributed by atoms with Crippen LogP contribution in [-0.4, -0.2) is 15.1 Å². The summed E-state index contributed by atoms with van der Waals surface area (Å²) in [4.78, 5) is 18.2. The summed E-state index contributed by atoms with van der Waals surface area (Å²) in [5.74, 6) is 0.105. The van der Waals surface area contributed by atoms with E-state index in [1.54, 1.807) is 6.92 Å². The molecule has 1 aromatic heterocycles. The van der Waals surface area contributed by atoms with Crippen molar-refractivity contribution in [2.45, 2.75) is 40.2 Å². The largest absolute Gasteiger partial charge is 0.493 e. The van der Waals surface area contributed by atoms with Crippen molar-refractivity contribution in [2.75, 3.05) is 0 Å². The molecule has 0 saturated heterocycles. The second-order valence-electron chi connectivity index (χ2n) is 4.95. The van der Waals surface area contributed by atoms with E-state index < -0.39 is 6.04 Å². The lowest BCUT2D eigenvalue weighted by Crippen LogP contribution is -2.30. The lowest BCUT2D eigenvalue weighted by Gasteiger charge is -2.26. The molecule has 5 heteroatoms. The highest BCUT2D eigenvalue weighted by Gasteiger charge is 2.25. The van der Waals surface area contributed by atoms with Gasteiger partial charge in [0.25, 0.3) is 5.56 Å². The molecule has 0 aliphatic rings. The van der Waals surface area contributed by atoms with Crippen LogP contribution in [0.1, 0.15) is 45.1 Å². The molecule has 0 aliphatic carbocycles. The molecule has 4 N–H and O–H groups in total. The van der Waals surface area contributed by atoms with E-state index in [0.29, 0.717) is 17.8 Å². The molecule has 0 amide bonds. The molecule has 0 fully saturated rings. The minimum Gasteiger partial charge on any atom is -0.493 e. The molecule has 16 heavy (non-hydrogen) atoms. The van der Waals surface area contributed by atoms with E-state index >= 15 is 0 Å². The topological polar surface area (TPSA) is 92.0 Å². The van der Waals surface area contributed by atoms with Gasteiger partial charge in [0.1, 0.15) is 5.82 Å². The molecule has 1 unspecified atom stereocenters. The Bertz CT molecular complexity index is 432. The fraction of sp³-hybridized carbons (Fsp3) is 0.636. The van der Waals surface area contributed by atoms with E-state index in [9.17, 15) is 9.90 Å². The van der Waals surface area contributed by atoms with Crippen LogP contribution in [0.3, 0.4) is 0 Å². The van der Waals surface area contributed by atoms with Crippen LogP contribution >= 0.6 is 0 Å². The Labute approximate surface area is 94.7 Å². The molecule has 1 heterocycles. The number of H-pyrrole nitrogens is 1. The maximum Gasteiger partial charge on any atom is 0.257 e. The number of hydrogen-bond donors (Lipinski definition) is 3. The summed E-state index contributed by atoms with van der Waals surface area (Å²) in [6.07, 6.45) is 0.444. The molecule has 90 valence electrons. The van der Waals surface area contributed by atoms with Crippen LogP contribution in [0.2, 0.25) is 0 Å². The van der Waals surface area contributed by atoms with E-state index in [1.807, 2.05) is 20.8 Å². The van der Waals surface area contributed by atoms with E-state index in [2.05, 4.69) is 9.97 Å². The SMILES string of the molecule is CCc1c(O)nc(C(N)C(C)(C)C)[nH]c1=O. The first kappa shape index (κ1) is 12.7. The van der Waals surface area contributed by atoms with Crippen LogP contribution in [0.25, 0.3) is 0 Å². The number of aromatic amines is 1. The molecular formula is C11H19N3O2. The molecule has 0 spiro atoms. The van der Waals surface area contributed by atoms with Crippen LogP contribution in [0.5, 0.6) is 5.88 Å². The summed E-state index contributed by atoms with van der Waals surface area (Å²) in [5.41, 5.74) is 5.71. The summed E-state index contributed by atoms with van der Waals surface area (Å²) in [5, 5.41) is 9.60. The minimum atomic E-state index is -0.419. The van der Waals surface area contributed by atoms with Crippen molar-refractivity contribution >= 4 is 0 Å². The first-order chi connectivity index (χ1) is 7.27. The fourth-order valence-corrected chi connectivity index (χ4v) is 1.38. The summed E-state index contributed by atoms with van der Waals surface area (Å²) < 4.78 is 0. The standard InChI is InChI=1S/C11H19N3O2/c1-5-6-9(15)13-8(14-10(6)16)7(12)11(2,3)4/h7H,5,12H2,1-4H3,(H2,13,14,15,16). The van der Waals surface area contributed by atoms with Crippen molar-refractivity contribution in [2.24, 2.45) is 11.1 Å². The van der Waals surface area contributed by atoms with Gasteiger partial charge >= 0.3 is 0 Å². The normalized spacial score (nSPS) is 13.8. The molecular weight excluding hydrogens is 206 g/mol. The van der Waals surface area contributed by atoms with Crippen molar-refractivity contribution in [1.82, 2.24) is 9.97 Å². The lowest BCUT2D eigenvalue weighted by molar-refractivity contribution is 0.310. The second kappa shape index (κ2) is 4.25. The molecule has 1 rings (SSSR count). The zero-order valence-electron chi connectivity index (χ0n) is 10.2. The first-order valence-corrected chi connectivity index (χ1v) is 5.35. The van der Waals surface area contributed by atoms with Crippen molar-refractivity contribution < 1.29 is 5.11 Å². The predicted octanol–water partition coefficient (Wildman–Crippen LogP) is 1.08. The third-order valence-electron chi connectivity index (χ3n) is 2.59. The van der Waals surface area contributed by atoms with Crippen molar-refractivity contribution in [3.05, 3.63) is 21.7 Å². The maximum absolute atomic E-state index is 11.6. The lowest BCUT2D eigenvalue weighted by atomic mass is 9.87. The zero-order chi connectivity index (χ0) is 12.5. The zero-order valence-corrected chi connectivity index (χ0v) is 10.2. The Balaban J connectivity index is 3.24. The number of hydrogen-bond acceptors (Lipinski definition) is 4. The first-order valence-electron chi connectivity index (χ1n) is 5.35. The molecule has 1 aromatic rings. The van der Waals surface area contributed by atoms with Crippen LogP contribution in [0.15, 0.2) is 4.79 Å². The summed E-state index contributed by atoms with van der Waals surface area (Å²) >= 11 is 0. The van der Waals surface area contributed by atoms with Gasteiger partial charge in [-0.1, -0.05) is 27.7 Å². The Hall–Kier alpha value is -1.36. The van der Waals surface area contributed by atoms with Crippen LogP contribution < -0.4 is 11.3 Å². The molecule has 0 saturated carbocycles. The molecule has 0 bridgehead atoms.